The molecule has 16 heavy (non-hydrogen) atoms. The van der Waals surface area contributed by atoms with Gasteiger partial charge in [0.2, 0.25) is 10.0 Å². The summed E-state index contributed by atoms with van der Waals surface area (Å²) in [6.07, 6.45) is 0. The Labute approximate surface area is 114 Å². The molecule has 0 heterocycles. The van der Waals surface area contributed by atoms with Crippen LogP contribution in [0.15, 0.2) is 23.1 Å². The molecule has 7 heteroatoms. The van der Waals surface area contributed by atoms with E-state index < -0.39 is 10.0 Å². The molecule has 0 amide bonds. The molecule has 0 aliphatic heterocycles. The minimum absolute atomic E-state index is 0.0325. The Morgan fingerprint density at radius 2 is 2.00 bits per heavy atom. The molecule has 0 unspecified atom stereocenters. The van der Waals surface area contributed by atoms with Crippen molar-refractivity contribution in [1.82, 2.24) is 4.31 Å². The number of halogens is 3. The summed E-state index contributed by atoms with van der Waals surface area (Å²) in [4.78, 5) is 0.0325. The molecule has 0 saturated heterocycles. The van der Waals surface area contributed by atoms with Crippen LogP contribution in [0.2, 0.25) is 10.0 Å². The summed E-state index contributed by atoms with van der Waals surface area (Å²) in [5, 5.41) is 1.07. The summed E-state index contributed by atoms with van der Waals surface area (Å²) in [6.45, 7) is 0.366. The van der Waals surface area contributed by atoms with Crippen LogP contribution in [0.25, 0.3) is 0 Å². The van der Waals surface area contributed by atoms with E-state index in [-0.39, 0.29) is 9.92 Å². The Morgan fingerprint density at radius 3 is 2.56 bits per heavy atom. The number of alkyl halides is 1. The Balaban J connectivity index is 3.21. The Morgan fingerprint density at radius 1 is 1.38 bits per heavy atom. The zero-order valence-electron chi connectivity index (χ0n) is 8.45. The molecule has 0 aliphatic carbocycles. The summed E-state index contributed by atoms with van der Waals surface area (Å²) in [5.41, 5.74) is 0. The van der Waals surface area contributed by atoms with E-state index in [1.807, 2.05) is 0 Å². The zero-order valence-corrected chi connectivity index (χ0v) is 12.4. The molecular weight excluding hydrogens is 337 g/mol. The van der Waals surface area contributed by atoms with Crippen LogP contribution in [0.5, 0.6) is 0 Å². The Bertz CT molecular complexity index is 478. The molecule has 90 valence electrons. The van der Waals surface area contributed by atoms with Gasteiger partial charge in [0.25, 0.3) is 0 Å². The normalized spacial score (nSPS) is 12.1. The minimum atomic E-state index is -3.57. The molecular formula is C9H10BrCl2NO2S. The van der Waals surface area contributed by atoms with Crippen LogP contribution in [0.3, 0.4) is 0 Å². The molecule has 0 spiro atoms. The lowest BCUT2D eigenvalue weighted by Gasteiger charge is -2.16. The number of hydrogen-bond acceptors (Lipinski definition) is 2. The summed E-state index contributed by atoms with van der Waals surface area (Å²) in [6, 6.07) is 4.37. The molecule has 0 bridgehead atoms. The van der Waals surface area contributed by atoms with Crippen molar-refractivity contribution >= 4 is 49.2 Å². The van der Waals surface area contributed by atoms with Crippen molar-refractivity contribution in [3.63, 3.8) is 0 Å². The van der Waals surface area contributed by atoms with Crippen LogP contribution in [-0.4, -0.2) is 31.6 Å². The predicted octanol–water partition coefficient (Wildman–Crippen LogP) is 3.01. The highest BCUT2D eigenvalue weighted by molar-refractivity contribution is 9.09. The van der Waals surface area contributed by atoms with Crippen molar-refractivity contribution in [2.45, 2.75) is 4.90 Å². The smallest absolute Gasteiger partial charge is 0.207 e. The van der Waals surface area contributed by atoms with Crippen molar-refractivity contribution in [3.05, 3.63) is 28.2 Å². The number of nitrogens with zero attached hydrogens (tertiary/aromatic N) is 1. The topological polar surface area (TPSA) is 37.4 Å². The van der Waals surface area contributed by atoms with Crippen LogP contribution in [0, 0.1) is 0 Å². The summed E-state index contributed by atoms with van der Waals surface area (Å²) < 4.78 is 25.3. The maximum atomic E-state index is 12.1. The third kappa shape index (κ3) is 3.11. The lowest BCUT2D eigenvalue weighted by atomic mass is 10.4. The van der Waals surface area contributed by atoms with Crippen LogP contribution in [0.1, 0.15) is 0 Å². The highest BCUT2D eigenvalue weighted by Crippen LogP contribution is 2.27. The predicted molar refractivity (Wildman–Crippen MR) is 70.1 cm³/mol. The number of hydrogen-bond donors (Lipinski definition) is 0. The fourth-order valence-electron chi connectivity index (χ4n) is 1.08. The number of rotatable bonds is 4. The summed E-state index contributed by atoms with van der Waals surface area (Å²) in [5.74, 6) is 0. The number of benzene rings is 1. The van der Waals surface area contributed by atoms with Gasteiger partial charge in [-0.15, -0.1) is 0 Å². The van der Waals surface area contributed by atoms with Crippen molar-refractivity contribution in [3.8, 4) is 0 Å². The van der Waals surface area contributed by atoms with Gasteiger partial charge in [0.15, 0.2) is 0 Å². The van der Waals surface area contributed by atoms with E-state index in [9.17, 15) is 8.42 Å². The SMILES string of the molecule is CN(CCBr)S(=O)(=O)c1cc(Cl)ccc1Cl. The van der Waals surface area contributed by atoms with Crippen LogP contribution in [-0.2, 0) is 10.0 Å². The molecule has 0 aliphatic rings. The van der Waals surface area contributed by atoms with Gasteiger partial charge < -0.3 is 0 Å². The average molecular weight is 347 g/mol. The van der Waals surface area contributed by atoms with E-state index in [0.717, 1.165) is 0 Å². The maximum Gasteiger partial charge on any atom is 0.244 e. The van der Waals surface area contributed by atoms with Gasteiger partial charge in [-0.05, 0) is 18.2 Å². The van der Waals surface area contributed by atoms with Gasteiger partial charge in [-0.2, -0.15) is 0 Å². The van der Waals surface area contributed by atoms with Crippen LogP contribution in [0.4, 0.5) is 0 Å². The molecule has 0 N–H and O–H groups in total. The van der Waals surface area contributed by atoms with E-state index >= 15 is 0 Å². The lowest BCUT2D eigenvalue weighted by molar-refractivity contribution is 0.489. The third-order valence-electron chi connectivity index (χ3n) is 1.98. The first-order valence-electron chi connectivity index (χ1n) is 4.37. The molecule has 0 atom stereocenters. The fraction of sp³-hybridized carbons (Fsp3) is 0.333. The zero-order chi connectivity index (χ0) is 12.3. The van der Waals surface area contributed by atoms with E-state index in [2.05, 4.69) is 15.9 Å². The van der Waals surface area contributed by atoms with E-state index in [0.29, 0.717) is 16.9 Å². The van der Waals surface area contributed by atoms with Crippen molar-refractivity contribution < 1.29 is 8.42 Å². The molecule has 1 aromatic rings. The third-order valence-corrected chi connectivity index (χ3v) is 4.91. The molecule has 0 radical (unpaired) electrons. The molecule has 1 rings (SSSR count). The Hall–Kier alpha value is 0.190. The highest BCUT2D eigenvalue weighted by Gasteiger charge is 2.23. The van der Waals surface area contributed by atoms with Crippen LogP contribution < -0.4 is 0 Å². The molecule has 0 aromatic heterocycles. The van der Waals surface area contributed by atoms with Crippen molar-refractivity contribution in [1.29, 1.82) is 0 Å². The second kappa shape index (κ2) is 5.69. The summed E-state index contributed by atoms with van der Waals surface area (Å²) >= 11 is 14.8. The monoisotopic (exact) mass is 345 g/mol. The Kier molecular flexibility index (Phi) is 5.07. The average Bonchev–Trinajstić information content (AvgIpc) is 2.22. The highest BCUT2D eigenvalue weighted by atomic mass is 79.9. The minimum Gasteiger partial charge on any atom is -0.207 e. The maximum absolute atomic E-state index is 12.1. The van der Waals surface area contributed by atoms with Crippen LogP contribution >= 0.6 is 39.1 Å². The van der Waals surface area contributed by atoms with Gasteiger partial charge in [-0.3, -0.25) is 0 Å². The van der Waals surface area contributed by atoms with E-state index in [1.165, 1.54) is 23.5 Å². The molecule has 0 fully saturated rings. The quantitative estimate of drug-likeness (QED) is 0.786. The van der Waals surface area contributed by atoms with Crippen molar-refractivity contribution in [2.75, 3.05) is 18.9 Å². The van der Waals surface area contributed by atoms with Gasteiger partial charge in [-0.25, -0.2) is 12.7 Å². The largest absolute Gasteiger partial charge is 0.244 e. The first-order chi connectivity index (χ1) is 7.39. The molecule has 0 saturated carbocycles. The second-order valence-corrected chi connectivity index (χ2v) is 6.74. The van der Waals surface area contributed by atoms with Gasteiger partial charge in [0, 0.05) is 23.9 Å². The van der Waals surface area contributed by atoms with Gasteiger partial charge in [-0.1, -0.05) is 39.1 Å². The number of sulfonamides is 1. The second-order valence-electron chi connectivity index (χ2n) is 3.09. The molecule has 3 nitrogen and oxygen atoms in total. The first-order valence-corrected chi connectivity index (χ1v) is 7.68. The van der Waals surface area contributed by atoms with Gasteiger partial charge in [0.05, 0.1) is 5.02 Å². The van der Waals surface area contributed by atoms with Gasteiger partial charge >= 0.3 is 0 Å². The lowest BCUT2D eigenvalue weighted by Crippen LogP contribution is -2.28. The van der Waals surface area contributed by atoms with E-state index in [4.69, 9.17) is 23.2 Å². The summed E-state index contributed by atoms with van der Waals surface area (Å²) in [7, 11) is -2.07. The first kappa shape index (κ1) is 14.3. The van der Waals surface area contributed by atoms with E-state index in [1.54, 1.807) is 6.07 Å². The fourth-order valence-corrected chi connectivity index (χ4v) is 3.75. The van der Waals surface area contributed by atoms with Gasteiger partial charge in [0.1, 0.15) is 4.90 Å². The molecule has 1 aromatic carbocycles. The van der Waals surface area contributed by atoms with Crippen molar-refractivity contribution in [2.24, 2.45) is 0 Å². The standard InChI is InChI=1S/C9H10BrCl2NO2S/c1-13(5-4-10)16(14,15)9-6-7(11)2-3-8(9)12/h2-3,6H,4-5H2,1H3.